The van der Waals surface area contributed by atoms with E-state index in [0.29, 0.717) is 28.5 Å². The molecule has 0 aliphatic heterocycles. The highest BCUT2D eigenvalue weighted by Gasteiger charge is 2.20. The minimum Gasteiger partial charge on any atom is -0.455 e. The zero-order valence-electron chi connectivity index (χ0n) is 38.8. The Balaban J connectivity index is 1.09. The van der Waals surface area contributed by atoms with Gasteiger partial charge in [0.1, 0.15) is 11.2 Å². The number of furan rings is 1. The fourth-order valence-corrected chi connectivity index (χ4v) is 8.39. The number of nitrogens with zero attached hydrogens (tertiary/aromatic N) is 4. The van der Waals surface area contributed by atoms with E-state index in [1.807, 2.05) is 115 Å². The molecule has 0 radical (unpaired) electrons. The molecule has 0 saturated carbocycles. The van der Waals surface area contributed by atoms with E-state index in [9.17, 15) is 1.37 Å². The average Bonchev–Trinajstić information content (AvgIpc) is 3.94. The molecule has 0 aliphatic carbocycles. The summed E-state index contributed by atoms with van der Waals surface area (Å²) in [4.78, 5) is 15.5. The maximum atomic E-state index is 9.18. The molecule has 0 spiro atoms. The molecule has 60 heavy (non-hydrogen) atoms. The first-order valence-electron chi connectivity index (χ1n) is 23.1. The van der Waals surface area contributed by atoms with Crippen LogP contribution in [0, 0.1) is 0 Å². The van der Waals surface area contributed by atoms with Crippen molar-refractivity contribution in [3.63, 3.8) is 0 Å². The van der Waals surface area contributed by atoms with E-state index in [2.05, 4.69) is 30.3 Å². The molecule has 0 fully saturated rings. The molecule has 12 aromatic rings. The van der Waals surface area contributed by atoms with Gasteiger partial charge in [-0.25, -0.2) is 15.0 Å². The zero-order valence-corrected chi connectivity index (χ0v) is 31.8. The number of hydrogen-bond acceptors (Lipinski definition) is 4. The Morgan fingerprint density at radius 1 is 0.400 bits per heavy atom. The molecule has 3 aromatic heterocycles. The second kappa shape index (κ2) is 13.8. The van der Waals surface area contributed by atoms with Gasteiger partial charge in [-0.2, -0.15) is 0 Å². The van der Waals surface area contributed by atoms with Gasteiger partial charge < -0.3 is 8.98 Å². The van der Waals surface area contributed by atoms with E-state index in [-0.39, 0.29) is 57.8 Å². The predicted molar refractivity (Wildman–Crippen MR) is 246 cm³/mol. The van der Waals surface area contributed by atoms with Crippen LogP contribution in [0.2, 0.25) is 0 Å². The molecule has 0 bridgehead atoms. The van der Waals surface area contributed by atoms with Crippen molar-refractivity contribution in [1.82, 2.24) is 19.5 Å². The molecular formula is C55H34N4O. The SMILES string of the molecule is [2H]c1cc([2H])c2c(c1[2H])c1c([2H])c([2H])c([2H])c([2H])c1n2-c1ccccc1-c1nc(-c2cccc(-c3cccc4c3oc3ccc(-c5ccccc5)cc34)c2)nc(-c2cccc3ccccc23)n1. The van der Waals surface area contributed by atoms with Gasteiger partial charge in [0.15, 0.2) is 17.5 Å². The summed E-state index contributed by atoms with van der Waals surface area (Å²) in [5, 5.41) is 4.11. The maximum Gasteiger partial charge on any atom is 0.166 e. The lowest BCUT2D eigenvalue weighted by atomic mass is 9.99. The van der Waals surface area contributed by atoms with Gasteiger partial charge in [-0.15, -0.1) is 0 Å². The molecule has 5 heteroatoms. The summed E-state index contributed by atoms with van der Waals surface area (Å²) in [6.07, 6.45) is 0. The highest BCUT2D eigenvalue weighted by molar-refractivity contribution is 6.11. The number of fused-ring (bicyclic) bond motifs is 7. The van der Waals surface area contributed by atoms with Gasteiger partial charge in [0.2, 0.25) is 0 Å². The van der Waals surface area contributed by atoms with E-state index in [1.54, 1.807) is 16.7 Å². The monoisotopic (exact) mass is 773 g/mol. The van der Waals surface area contributed by atoms with Crippen LogP contribution in [0.5, 0.6) is 0 Å². The number of benzene rings is 9. The van der Waals surface area contributed by atoms with Crippen molar-refractivity contribution < 1.29 is 14.0 Å². The maximum absolute atomic E-state index is 9.18. The van der Waals surface area contributed by atoms with E-state index in [0.717, 1.165) is 60.5 Å². The third-order valence-electron chi connectivity index (χ3n) is 11.2. The second-order valence-electron chi connectivity index (χ2n) is 14.6. The number of para-hydroxylation sites is 4. The van der Waals surface area contributed by atoms with E-state index < -0.39 is 12.1 Å². The molecule has 9 aromatic carbocycles. The normalized spacial score (nSPS) is 13.3. The van der Waals surface area contributed by atoms with Crippen LogP contribution in [0.3, 0.4) is 0 Å². The van der Waals surface area contributed by atoms with Crippen molar-refractivity contribution in [3.8, 4) is 62.1 Å². The summed E-state index contributed by atoms with van der Waals surface area (Å²) in [5.41, 5.74) is 8.19. The van der Waals surface area contributed by atoms with Gasteiger partial charge in [-0.3, -0.25) is 0 Å². The van der Waals surface area contributed by atoms with Crippen molar-refractivity contribution >= 4 is 54.5 Å². The van der Waals surface area contributed by atoms with Crippen molar-refractivity contribution in [3.05, 3.63) is 206 Å². The van der Waals surface area contributed by atoms with Crippen LogP contribution < -0.4 is 0 Å². The van der Waals surface area contributed by atoms with Crippen LogP contribution in [0.25, 0.3) is 117 Å². The Kier molecular flexibility index (Phi) is 6.30. The first kappa shape index (κ1) is 27.5. The fraction of sp³-hybridized carbons (Fsp3) is 0. The van der Waals surface area contributed by atoms with Crippen LogP contribution >= 0.6 is 0 Å². The summed E-state index contributed by atoms with van der Waals surface area (Å²) in [7, 11) is 0. The Morgan fingerprint density at radius 3 is 1.98 bits per heavy atom. The Morgan fingerprint density at radius 2 is 1.05 bits per heavy atom. The second-order valence-corrected chi connectivity index (χ2v) is 14.6. The molecule has 3 heterocycles. The molecule has 5 nitrogen and oxygen atoms in total. The smallest absolute Gasteiger partial charge is 0.166 e. The van der Waals surface area contributed by atoms with Gasteiger partial charge in [0.05, 0.1) is 26.3 Å². The topological polar surface area (TPSA) is 56.7 Å². The Labute approximate surface area is 355 Å². The van der Waals surface area contributed by atoms with E-state index in [1.165, 1.54) is 6.07 Å². The minimum absolute atomic E-state index is 0.0594. The van der Waals surface area contributed by atoms with E-state index in [4.69, 9.17) is 27.6 Å². The quantitative estimate of drug-likeness (QED) is 0.169. The summed E-state index contributed by atoms with van der Waals surface area (Å²) in [5.74, 6) is 1.06. The van der Waals surface area contributed by atoms with Gasteiger partial charge in [-0.05, 0) is 69.9 Å². The van der Waals surface area contributed by atoms with Crippen molar-refractivity contribution in [1.29, 1.82) is 0 Å². The van der Waals surface area contributed by atoms with Crippen LogP contribution in [0.15, 0.2) is 211 Å². The molecule has 280 valence electrons. The third-order valence-corrected chi connectivity index (χ3v) is 11.2. The molecule has 0 atom stereocenters. The van der Waals surface area contributed by atoms with Gasteiger partial charge >= 0.3 is 0 Å². The number of aromatic nitrogens is 4. The van der Waals surface area contributed by atoms with Gasteiger partial charge in [-0.1, -0.05) is 164 Å². The molecule has 0 saturated heterocycles. The molecular weight excluding hydrogens is 733 g/mol. The van der Waals surface area contributed by atoms with Crippen LogP contribution in [-0.4, -0.2) is 19.5 Å². The summed E-state index contributed by atoms with van der Waals surface area (Å²) >= 11 is 0. The standard InChI is InChI=1S/C55H34N4O/c1-2-15-35(16-3-1)37-31-32-51-47(34-37)44-26-14-25-41(52(44)60-51)38-19-12-20-39(33-38)53-56-54(45-27-13-18-36-17-4-5-21-40(36)45)58-55(57-53)46-24-8-11-30-50(46)59-48-28-9-6-22-42(48)43-23-7-10-29-49(43)59/h1-34H/i6D,7D,9D,22D,23D,28D,29D. The highest BCUT2D eigenvalue weighted by atomic mass is 16.3. The zero-order chi connectivity index (χ0) is 45.7. The fourth-order valence-electron chi connectivity index (χ4n) is 8.39. The van der Waals surface area contributed by atoms with Crippen molar-refractivity contribution in [2.45, 2.75) is 0 Å². The Bertz CT molecular complexity index is 4030. The summed E-state index contributed by atoms with van der Waals surface area (Å²) in [6.45, 7) is 0. The number of rotatable bonds is 6. The van der Waals surface area contributed by atoms with Crippen LogP contribution in [0.1, 0.15) is 9.60 Å². The van der Waals surface area contributed by atoms with Gasteiger partial charge in [0.25, 0.3) is 0 Å². The largest absolute Gasteiger partial charge is 0.455 e. The molecule has 0 amide bonds. The van der Waals surface area contributed by atoms with Crippen LogP contribution in [0.4, 0.5) is 0 Å². The minimum atomic E-state index is -0.469. The van der Waals surface area contributed by atoms with E-state index >= 15 is 0 Å². The first-order valence-corrected chi connectivity index (χ1v) is 19.6. The highest BCUT2D eigenvalue weighted by Crippen LogP contribution is 2.40. The lowest BCUT2D eigenvalue weighted by Gasteiger charge is -2.15. The Hall–Kier alpha value is -8.15. The van der Waals surface area contributed by atoms with Crippen molar-refractivity contribution in [2.75, 3.05) is 0 Å². The molecule has 0 aliphatic rings. The van der Waals surface area contributed by atoms with Crippen molar-refractivity contribution in [2.24, 2.45) is 0 Å². The first-order chi connectivity index (χ1) is 32.6. The third kappa shape index (κ3) is 5.52. The van der Waals surface area contributed by atoms with Crippen LogP contribution in [-0.2, 0) is 0 Å². The summed E-state index contributed by atoms with van der Waals surface area (Å²) < 4.78 is 70.3. The van der Waals surface area contributed by atoms with Gasteiger partial charge in [0, 0.05) is 43.8 Å². The molecule has 0 N–H and O–H groups in total. The molecule has 0 unspecified atom stereocenters. The predicted octanol–water partition coefficient (Wildman–Crippen LogP) is 14.4. The number of hydrogen-bond donors (Lipinski definition) is 0. The lowest BCUT2D eigenvalue weighted by molar-refractivity contribution is 0.670. The lowest BCUT2D eigenvalue weighted by Crippen LogP contribution is -2.04. The average molecular weight is 774 g/mol. The summed E-state index contributed by atoms with van der Waals surface area (Å²) in [6, 6.07) is 51.0. The molecule has 12 rings (SSSR count).